The van der Waals surface area contributed by atoms with Gasteiger partial charge in [0.2, 0.25) is 15.9 Å². The zero-order valence-corrected chi connectivity index (χ0v) is 12.1. The summed E-state index contributed by atoms with van der Waals surface area (Å²) in [5.41, 5.74) is 0. The molecule has 0 unspecified atom stereocenters. The van der Waals surface area contributed by atoms with Crippen LogP contribution in [0.1, 0.15) is 39.5 Å². The number of nitrogens with zero attached hydrogens (tertiary/aromatic N) is 1. The van der Waals surface area contributed by atoms with E-state index in [1.54, 1.807) is 0 Å². The van der Waals surface area contributed by atoms with E-state index in [-0.39, 0.29) is 17.6 Å². The number of rotatable bonds is 6. The predicted molar refractivity (Wildman–Crippen MR) is 71.7 cm³/mol. The molecule has 0 radical (unpaired) electrons. The Bertz CT molecular complexity index is 364. The maximum atomic E-state index is 11.7. The van der Waals surface area contributed by atoms with E-state index in [2.05, 4.69) is 5.32 Å². The van der Waals surface area contributed by atoms with Crippen molar-refractivity contribution in [3.63, 3.8) is 0 Å². The van der Waals surface area contributed by atoms with E-state index in [0.29, 0.717) is 19.6 Å². The Balaban J connectivity index is 2.35. The summed E-state index contributed by atoms with van der Waals surface area (Å²) in [5.74, 6) is 0.324. The van der Waals surface area contributed by atoms with Crippen LogP contribution < -0.4 is 5.32 Å². The highest BCUT2D eigenvalue weighted by Gasteiger charge is 2.25. The van der Waals surface area contributed by atoms with Gasteiger partial charge in [0.1, 0.15) is 0 Å². The fraction of sp³-hybridized carbons (Fsp3) is 0.917. The van der Waals surface area contributed by atoms with E-state index >= 15 is 0 Å². The van der Waals surface area contributed by atoms with Crippen LogP contribution in [0.25, 0.3) is 0 Å². The van der Waals surface area contributed by atoms with Gasteiger partial charge in [0.15, 0.2) is 0 Å². The van der Waals surface area contributed by atoms with Crippen LogP contribution in [0, 0.1) is 5.92 Å². The molecule has 0 aromatic heterocycles. The van der Waals surface area contributed by atoms with Crippen molar-refractivity contribution >= 4 is 15.9 Å². The molecular formula is C12H24N2O3S. The van der Waals surface area contributed by atoms with Gasteiger partial charge in [0, 0.05) is 25.6 Å². The highest BCUT2D eigenvalue weighted by molar-refractivity contribution is 7.89. The first-order valence-corrected chi connectivity index (χ1v) is 8.37. The van der Waals surface area contributed by atoms with E-state index in [9.17, 15) is 13.2 Å². The van der Waals surface area contributed by atoms with Gasteiger partial charge in [-0.3, -0.25) is 4.79 Å². The van der Waals surface area contributed by atoms with Crippen LogP contribution in [0.4, 0.5) is 0 Å². The Morgan fingerprint density at radius 2 is 1.94 bits per heavy atom. The molecule has 0 spiro atoms. The van der Waals surface area contributed by atoms with Gasteiger partial charge in [-0.15, -0.1) is 0 Å². The lowest BCUT2D eigenvalue weighted by Gasteiger charge is -2.26. The third-order valence-corrected chi connectivity index (χ3v) is 5.43. The van der Waals surface area contributed by atoms with E-state index in [0.717, 1.165) is 25.7 Å². The van der Waals surface area contributed by atoms with E-state index < -0.39 is 10.0 Å². The minimum atomic E-state index is -3.07. The van der Waals surface area contributed by atoms with Gasteiger partial charge in [0.05, 0.1) is 5.75 Å². The molecule has 1 rings (SSSR count). The molecule has 1 aliphatic heterocycles. The molecular weight excluding hydrogens is 252 g/mol. The molecule has 0 aromatic rings. The predicted octanol–water partition coefficient (Wildman–Crippen LogP) is 0.964. The Morgan fingerprint density at radius 1 is 1.28 bits per heavy atom. The van der Waals surface area contributed by atoms with E-state index in [1.165, 1.54) is 4.31 Å². The second-order valence-corrected chi connectivity index (χ2v) is 6.82. The highest BCUT2D eigenvalue weighted by Crippen LogP contribution is 2.12. The number of carbonyl (C=O) groups is 1. The monoisotopic (exact) mass is 276 g/mol. The fourth-order valence-electron chi connectivity index (χ4n) is 2.20. The highest BCUT2D eigenvalue weighted by atomic mass is 32.2. The Kier molecular flexibility index (Phi) is 6.08. The van der Waals surface area contributed by atoms with Crippen molar-refractivity contribution in [2.45, 2.75) is 39.5 Å². The van der Waals surface area contributed by atoms with Crippen LogP contribution in [0.2, 0.25) is 0 Å². The molecule has 0 saturated carbocycles. The smallest absolute Gasteiger partial charge is 0.223 e. The summed E-state index contributed by atoms with van der Waals surface area (Å²) < 4.78 is 24.9. The van der Waals surface area contributed by atoms with Crippen LogP contribution in [-0.2, 0) is 14.8 Å². The van der Waals surface area contributed by atoms with E-state index in [1.807, 2.05) is 13.8 Å². The molecule has 0 bridgehead atoms. The maximum absolute atomic E-state index is 11.7. The molecule has 1 aliphatic rings. The molecule has 1 fully saturated rings. The summed E-state index contributed by atoms with van der Waals surface area (Å²) in [7, 11) is -3.07. The number of carbonyl (C=O) groups excluding carboxylic acids is 1. The van der Waals surface area contributed by atoms with Gasteiger partial charge in [0.25, 0.3) is 0 Å². The summed E-state index contributed by atoms with van der Waals surface area (Å²) in [6.45, 7) is 5.37. The third kappa shape index (κ3) is 4.24. The van der Waals surface area contributed by atoms with E-state index in [4.69, 9.17) is 0 Å². The number of sulfonamides is 1. The van der Waals surface area contributed by atoms with Crippen LogP contribution >= 0.6 is 0 Å². The van der Waals surface area contributed by atoms with Crippen LogP contribution in [0.5, 0.6) is 0 Å². The fourth-order valence-corrected chi connectivity index (χ4v) is 3.80. The zero-order valence-electron chi connectivity index (χ0n) is 11.3. The van der Waals surface area contributed by atoms with Crippen molar-refractivity contribution in [2.24, 2.45) is 5.92 Å². The Labute approximate surface area is 110 Å². The van der Waals surface area contributed by atoms with Crippen LogP contribution in [-0.4, -0.2) is 44.0 Å². The number of nitrogens with one attached hydrogen (secondary N) is 1. The summed E-state index contributed by atoms with van der Waals surface area (Å²) in [5, 5.41) is 2.82. The lowest BCUT2D eigenvalue weighted by Crippen LogP contribution is -2.43. The average Bonchev–Trinajstić information content (AvgIpc) is 2.32. The van der Waals surface area contributed by atoms with Gasteiger partial charge in [-0.1, -0.05) is 13.8 Å². The average molecular weight is 276 g/mol. The quantitative estimate of drug-likeness (QED) is 0.786. The molecule has 6 heteroatoms. The lowest BCUT2D eigenvalue weighted by molar-refractivity contribution is -0.125. The molecule has 1 amide bonds. The first-order chi connectivity index (χ1) is 8.51. The van der Waals surface area contributed by atoms with Crippen molar-refractivity contribution in [1.82, 2.24) is 9.62 Å². The second kappa shape index (κ2) is 7.09. The molecule has 0 atom stereocenters. The summed E-state index contributed by atoms with van der Waals surface area (Å²) >= 11 is 0. The third-order valence-electron chi connectivity index (χ3n) is 3.47. The molecule has 1 saturated heterocycles. The molecule has 18 heavy (non-hydrogen) atoms. The molecule has 5 nitrogen and oxygen atoms in total. The second-order valence-electron chi connectivity index (χ2n) is 4.73. The normalized spacial score (nSPS) is 19.9. The van der Waals surface area contributed by atoms with Gasteiger partial charge < -0.3 is 5.32 Å². The lowest BCUT2D eigenvalue weighted by atomic mass is 10.0. The van der Waals surface area contributed by atoms with Gasteiger partial charge in [-0.2, -0.15) is 0 Å². The van der Waals surface area contributed by atoms with Gasteiger partial charge in [-0.05, 0) is 25.7 Å². The Hall–Kier alpha value is -0.620. The number of hydrogen-bond donors (Lipinski definition) is 1. The molecule has 1 heterocycles. The van der Waals surface area contributed by atoms with Gasteiger partial charge in [-0.25, -0.2) is 12.7 Å². The van der Waals surface area contributed by atoms with Crippen molar-refractivity contribution < 1.29 is 13.2 Å². The largest absolute Gasteiger partial charge is 0.355 e. The number of hydrogen-bond acceptors (Lipinski definition) is 3. The minimum Gasteiger partial charge on any atom is -0.355 e. The Morgan fingerprint density at radius 3 is 2.50 bits per heavy atom. The van der Waals surface area contributed by atoms with Crippen molar-refractivity contribution in [1.29, 1.82) is 0 Å². The molecule has 106 valence electrons. The molecule has 0 aliphatic carbocycles. The summed E-state index contributed by atoms with van der Waals surface area (Å²) in [6.07, 6.45) is 3.31. The molecule has 1 N–H and O–H groups in total. The molecule has 0 aromatic carbocycles. The van der Waals surface area contributed by atoms with Crippen molar-refractivity contribution in [3.05, 3.63) is 0 Å². The summed E-state index contributed by atoms with van der Waals surface area (Å²) in [4.78, 5) is 11.7. The topological polar surface area (TPSA) is 66.5 Å². The zero-order chi connectivity index (χ0) is 13.6. The van der Waals surface area contributed by atoms with Crippen molar-refractivity contribution in [2.75, 3.05) is 25.4 Å². The van der Waals surface area contributed by atoms with Crippen molar-refractivity contribution in [3.8, 4) is 0 Å². The number of amides is 1. The first kappa shape index (κ1) is 15.4. The maximum Gasteiger partial charge on any atom is 0.223 e. The first-order valence-electron chi connectivity index (χ1n) is 6.76. The SMILES string of the molecule is CCC(CC)C(=O)NCCN1CCCCS1(=O)=O. The van der Waals surface area contributed by atoms with Crippen LogP contribution in [0.15, 0.2) is 0 Å². The van der Waals surface area contributed by atoms with Gasteiger partial charge >= 0.3 is 0 Å². The standard InChI is InChI=1S/C12H24N2O3S/c1-3-11(4-2)12(15)13-7-9-14-8-5-6-10-18(14,16)17/h11H,3-10H2,1-2H3,(H,13,15). The summed E-state index contributed by atoms with van der Waals surface area (Å²) in [6, 6.07) is 0. The van der Waals surface area contributed by atoms with Crippen LogP contribution in [0.3, 0.4) is 0 Å². The minimum absolute atomic E-state index is 0.0365.